The Balaban J connectivity index is 2.06. The van der Waals surface area contributed by atoms with Gasteiger partial charge in [0.25, 0.3) is 0 Å². The molecule has 1 aliphatic heterocycles. The first-order valence-corrected chi connectivity index (χ1v) is 7.64. The molecule has 0 spiro atoms. The molecule has 0 aliphatic carbocycles. The van der Waals surface area contributed by atoms with Crippen molar-refractivity contribution in [3.63, 3.8) is 0 Å². The zero-order valence-electron chi connectivity index (χ0n) is 12.1. The molecule has 2 rings (SSSR count). The molecule has 4 heteroatoms. The number of nitrogens with zero attached hydrogens (tertiary/aromatic N) is 1. The third kappa shape index (κ3) is 3.29. The van der Waals surface area contributed by atoms with Crippen molar-refractivity contribution in [2.75, 3.05) is 13.1 Å². The topological polar surface area (TPSA) is 37.4 Å². The van der Waals surface area contributed by atoms with Gasteiger partial charge in [0.15, 0.2) is 5.78 Å². The summed E-state index contributed by atoms with van der Waals surface area (Å²) in [4.78, 5) is 26.0. The van der Waals surface area contributed by atoms with Gasteiger partial charge in [0.05, 0.1) is 6.54 Å². The molecule has 1 saturated heterocycles. The number of hydrogen-bond donors (Lipinski definition) is 0. The zero-order chi connectivity index (χ0) is 14.9. The maximum atomic E-state index is 12.3. The first-order valence-electron chi connectivity index (χ1n) is 6.84. The Morgan fingerprint density at radius 3 is 2.55 bits per heavy atom. The number of carbonyl (C=O) groups excluding carboxylic acids is 2. The number of carbonyl (C=O) groups is 2. The second-order valence-electron chi connectivity index (χ2n) is 6.44. The summed E-state index contributed by atoms with van der Waals surface area (Å²) >= 11 is 3.38. The molecule has 0 bridgehead atoms. The Morgan fingerprint density at radius 2 is 2.00 bits per heavy atom. The van der Waals surface area contributed by atoms with Crippen molar-refractivity contribution in [2.45, 2.75) is 27.2 Å². The van der Waals surface area contributed by atoms with E-state index in [0.717, 1.165) is 4.47 Å². The molecule has 0 radical (unpaired) electrons. The summed E-state index contributed by atoms with van der Waals surface area (Å²) in [6.45, 7) is 7.28. The number of benzene rings is 1. The average Bonchev–Trinajstić information content (AvgIpc) is 2.71. The van der Waals surface area contributed by atoms with Gasteiger partial charge in [0, 0.05) is 23.0 Å². The van der Waals surface area contributed by atoms with E-state index in [4.69, 9.17) is 0 Å². The molecule has 1 amide bonds. The second kappa shape index (κ2) is 5.68. The fourth-order valence-electron chi connectivity index (χ4n) is 2.45. The molecular weight excluding hydrogens is 318 g/mol. The van der Waals surface area contributed by atoms with E-state index in [0.29, 0.717) is 24.4 Å². The number of likely N-dealkylation sites (tertiary alicyclic amines) is 1. The summed E-state index contributed by atoms with van der Waals surface area (Å²) in [5.41, 5.74) is 0.736. The number of halogens is 1. The second-order valence-corrected chi connectivity index (χ2v) is 7.30. The standard InChI is InChI=1S/C16H20BrNO2/c1-16(2,3)11-8-15(20)18(9-11)10-14(19)12-6-4-5-7-13(12)17/h4-7,11H,8-10H2,1-3H3. The van der Waals surface area contributed by atoms with Gasteiger partial charge in [-0.15, -0.1) is 0 Å². The van der Waals surface area contributed by atoms with Gasteiger partial charge in [-0.2, -0.15) is 0 Å². The van der Waals surface area contributed by atoms with E-state index in [2.05, 4.69) is 36.7 Å². The van der Waals surface area contributed by atoms with E-state index in [9.17, 15) is 9.59 Å². The maximum absolute atomic E-state index is 12.3. The summed E-state index contributed by atoms with van der Waals surface area (Å²) in [6, 6.07) is 7.34. The van der Waals surface area contributed by atoms with E-state index >= 15 is 0 Å². The van der Waals surface area contributed by atoms with Gasteiger partial charge >= 0.3 is 0 Å². The van der Waals surface area contributed by atoms with Crippen LogP contribution in [0, 0.1) is 11.3 Å². The van der Waals surface area contributed by atoms with Crippen LogP contribution in [0.2, 0.25) is 0 Å². The first kappa shape index (κ1) is 15.2. The fraction of sp³-hybridized carbons (Fsp3) is 0.500. The lowest BCUT2D eigenvalue weighted by atomic mass is 9.80. The lowest BCUT2D eigenvalue weighted by Crippen LogP contribution is -2.32. The monoisotopic (exact) mass is 337 g/mol. The van der Waals surface area contributed by atoms with Crippen molar-refractivity contribution in [3.8, 4) is 0 Å². The van der Waals surface area contributed by atoms with E-state index in [1.165, 1.54) is 0 Å². The minimum Gasteiger partial charge on any atom is -0.335 e. The molecule has 1 atom stereocenters. The van der Waals surface area contributed by atoms with E-state index in [1.807, 2.05) is 18.2 Å². The molecule has 20 heavy (non-hydrogen) atoms. The molecule has 0 aromatic heterocycles. The lowest BCUT2D eigenvalue weighted by molar-refractivity contribution is -0.127. The number of amides is 1. The normalized spacial score (nSPS) is 19.5. The predicted molar refractivity (Wildman–Crippen MR) is 82.6 cm³/mol. The van der Waals surface area contributed by atoms with Crippen LogP contribution >= 0.6 is 15.9 Å². The van der Waals surface area contributed by atoms with Gasteiger partial charge < -0.3 is 4.90 Å². The lowest BCUT2D eigenvalue weighted by Gasteiger charge is -2.26. The summed E-state index contributed by atoms with van der Waals surface area (Å²) < 4.78 is 0.781. The van der Waals surface area contributed by atoms with Gasteiger partial charge in [-0.1, -0.05) is 54.9 Å². The van der Waals surface area contributed by atoms with Gasteiger partial charge in [-0.3, -0.25) is 9.59 Å². The fourth-order valence-corrected chi connectivity index (χ4v) is 2.96. The van der Waals surface area contributed by atoms with Crippen LogP contribution in [0.5, 0.6) is 0 Å². The molecule has 108 valence electrons. The highest BCUT2D eigenvalue weighted by molar-refractivity contribution is 9.10. The van der Waals surface area contributed by atoms with Crippen molar-refractivity contribution in [3.05, 3.63) is 34.3 Å². The van der Waals surface area contributed by atoms with Crippen LogP contribution in [-0.4, -0.2) is 29.7 Å². The molecular formula is C16H20BrNO2. The molecule has 0 saturated carbocycles. The number of ketones is 1. The first-order chi connectivity index (χ1) is 9.29. The average molecular weight is 338 g/mol. The highest BCUT2D eigenvalue weighted by Gasteiger charge is 2.37. The smallest absolute Gasteiger partial charge is 0.223 e. The molecule has 1 aliphatic rings. The Morgan fingerprint density at radius 1 is 1.35 bits per heavy atom. The summed E-state index contributed by atoms with van der Waals surface area (Å²) in [5, 5.41) is 0. The summed E-state index contributed by atoms with van der Waals surface area (Å²) in [5.74, 6) is 0.396. The van der Waals surface area contributed by atoms with Gasteiger partial charge in [0.1, 0.15) is 0 Å². The van der Waals surface area contributed by atoms with Crippen LogP contribution in [0.25, 0.3) is 0 Å². The summed E-state index contributed by atoms with van der Waals surface area (Å²) in [6.07, 6.45) is 0.548. The van der Waals surface area contributed by atoms with Crippen molar-refractivity contribution in [1.82, 2.24) is 4.90 Å². The van der Waals surface area contributed by atoms with Gasteiger partial charge in [-0.05, 0) is 17.4 Å². The van der Waals surface area contributed by atoms with Crippen molar-refractivity contribution >= 4 is 27.6 Å². The number of hydrogen-bond acceptors (Lipinski definition) is 2. The van der Waals surface area contributed by atoms with E-state index < -0.39 is 0 Å². The molecule has 1 aromatic rings. The molecule has 1 fully saturated rings. The van der Waals surface area contributed by atoms with E-state index in [1.54, 1.807) is 11.0 Å². The maximum Gasteiger partial charge on any atom is 0.223 e. The van der Waals surface area contributed by atoms with Crippen LogP contribution in [0.3, 0.4) is 0 Å². The number of Topliss-reactive ketones (excluding diaryl/α,β-unsaturated/α-hetero) is 1. The Bertz CT molecular complexity index is 534. The Kier molecular flexibility index (Phi) is 4.33. The largest absolute Gasteiger partial charge is 0.335 e. The molecule has 3 nitrogen and oxygen atoms in total. The van der Waals surface area contributed by atoms with Crippen LogP contribution in [0.1, 0.15) is 37.6 Å². The third-order valence-corrected chi connectivity index (χ3v) is 4.64. The SMILES string of the molecule is CC(C)(C)C1CC(=O)N(CC(=O)c2ccccc2Br)C1. The van der Waals surface area contributed by atoms with Crippen molar-refractivity contribution in [2.24, 2.45) is 11.3 Å². The minimum atomic E-state index is -0.0135. The zero-order valence-corrected chi connectivity index (χ0v) is 13.7. The van der Waals surface area contributed by atoms with Crippen LogP contribution in [-0.2, 0) is 4.79 Å². The number of rotatable bonds is 3. The van der Waals surface area contributed by atoms with Crippen LogP contribution < -0.4 is 0 Å². The predicted octanol–water partition coefficient (Wildman–Crippen LogP) is 3.53. The molecule has 1 unspecified atom stereocenters. The van der Waals surface area contributed by atoms with E-state index in [-0.39, 0.29) is 23.7 Å². The van der Waals surface area contributed by atoms with Crippen LogP contribution in [0.4, 0.5) is 0 Å². The molecule has 1 heterocycles. The van der Waals surface area contributed by atoms with Gasteiger partial charge in [-0.25, -0.2) is 0 Å². The molecule has 0 N–H and O–H groups in total. The highest BCUT2D eigenvalue weighted by Crippen LogP contribution is 2.34. The van der Waals surface area contributed by atoms with Crippen LogP contribution in [0.15, 0.2) is 28.7 Å². The third-order valence-electron chi connectivity index (χ3n) is 3.95. The van der Waals surface area contributed by atoms with Crippen molar-refractivity contribution in [1.29, 1.82) is 0 Å². The highest BCUT2D eigenvalue weighted by atomic mass is 79.9. The Labute approximate surface area is 128 Å². The minimum absolute atomic E-state index is 0.0135. The van der Waals surface area contributed by atoms with Gasteiger partial charge in [0.2, 0.25) is 5.91 Å². The van der Waals surface area contributed by atoms with Crippen molar-refractivity contribution < 1.29 is 9.59 Å². The molecule has 1 aromatic carbocycles. The Hall–Kier alpha value is -1.16. The summed E-state index contributed by atoms with van der Waals surface area (Å²) in [7, 11) is 0. The quantitative estimate of drug-likeness (QED) is 0.791.